The largest absolute Gasteiger partial charge is 0.493 e. The van der Waals surface area contributed by atoms with Gasteiger partial charge in [0.25, 0.3) is 5.91 Å². The van der Waals surface area contributed by atoms with Crippen LogP contribution in [0.5, 0.6) is 11.5 Å². The summed E-state index contributed by atoms with van der Waals surface area (Å²) in [4.78, 5) is 23.3. The molecule has 2 aromatic rings. The summed E-state index contributed by atoms with van der Waals surface area (Å²) in [6, 6.07) is 13.4. The number of hydrogen-bond acceptors (Lipinski definition) is 6. The highest BCUT2D eigenvalue weighted by Crippen LogP contribution is 2.29. The van der Waals surface area contributed by atoms with Crippen LogP contribution in [0.3, 0.4) is 0 Å². The van der Waals surface area contributed by atoms with Crippen molar-refractivity contribution < 1.29 is 28.9 Å². The van der Waals surface area contributed by atoms with Gasteiger partial charge in [-0.3, -0.25) is 4.79 Å². The molecule has 32 heavy (non-hydrogen) atoms. The van der Waals surface area contributed by atoms with Gasteiger partial charge in [0.15, 0.2) is 11.5 Å². The van der Waals surface area contributed by atoms with Gasteiger partial charge in [0.1, 0.15) is 18.2 Å². The third-order valence-electron chi connectivity index (χ3n) is 4.97. The number of carbonyl (C=O) groups is 2. The third kappa shape index (κ3) is 6.09. The van der Waals surface area contributed by atoms with E-state index in [9.17, 15) is 14.9 Å². The number of methoxy groups -OCH3 is 1. The van der Waals surface area contributed by atoms with Crippen LogP contribution >= 0.6 is 0 Å². The number of carboxylic acid groups (broad SMARTS) is 1. The number of carbonyl (C=O) groups excluding carboxylic acids is 1. The van der Waals surface area contributed by atoms with E-state index in [0.29, 0.717) is 30.2 Å². The molecular formula is C24H24N2O6. The van der Waals surface area contributed by atoms with E-state index < -0.39 is 11.9 Å². The minimum atomic E-state index is -0.986. The summed E-state index contributed by atoms with van der Waals surface area (Å²) in [5.41, 5.74) is 1.60. The van der Waals surface area contributed by atoms with Crippen LogP contribution in [-0.2, 0) is 16.1 Å². The number of amides is 1. The van der Waals surface area contributed by atoms with Gasteiger partial charge >= 0.3 is 5.97 Å². The number of carboxylic acids is 1. The van der Waals surface area contributed by atoms with E-state index in [1.54, 1.807) is 30.3 Å². The Hall–Kier alpha value is -3.83. The van der Waals surface area contributed by atoms with Crippen molar-refractivity contribution in [2.24, 2.45) is 0 Å². The van der Waals surface area contributed by atoms with Gasteiger partial charge in [-0.15, -0.1) is 0 Å². The van der Waals surface area contributed by atoms with Gasteiger partial charge in [0.2, 0.25) is 0 Å². The molecule has 0 saturated carbocycles. The number of nitrogens with one attached hydrogen (secondary N) is 1. The van der Waals surface area contributed by atoms with Crippen LogP contribution in [-0.4, -0.2) is 43.3 Å². The van der Waals surface area contributed by atoms with E-state index in [1.807, 2.05) is 6.07 Å². The van der Waals surface area contributed by atoms with Crippen LogP contribution < -0.4 is 14.8 Å². The van der Waals surface area contributed by atoms with E-state index in [1.165, 1.54) is 25.3 Å². The van der Waals surface area contributed by atoms with Gasteiger partial charge in [0.05, 0.1) is 18.8 Å². The Morgan fingerprint density at radius 1 is 1.25 bits per heavy atom. The van der Waals surface area contributed by atoms with Gasteiger partial charge in [-0.05, 0) is 54.3 Å². The predicted molar refractivity (Wildman–Crippen MR) is 116 cm³/mol. The van der Waals surface area contributed by atoms with Gasteiger partial charge in [-0.25, -0.2) is 4.79 Å². The molecule has 0 radical (unpaired) electrons. The molecular weight excluding hydrogens is 412 g/mol. The van der Waals surface area contributed by atoms with Crippen LogP contribution in [0, 0.1) is 11.3 Å². The van der Waals surface area contributed by atoms with E-state index in [0.717, 1.165) is 18.4 Å². The second-order valence-corrected chi connectivity index (χ2v) is 7.22. The molecule has 1 saturated heterocycles. The first-order valence-electron chi connectivity index (χ1n) is 10.1. The maximum absolute atomic E-state index is 12.3. The smallest absolute Gasteiger partial charge is 0.335 e. The Kier molecular flexibility index (Phi) is 7.84. The standard InChI is InChI=1S/C24H24N2O6/c1-30-22-12-17(11-19(13-25)23(27)26-14-20-3-2-10-31-20)6-9-21(22)32-15-16-4-7-18(8-5-16)24(28)29/h4-9,11-12,20H,2-3,10,14-15H2,1H3,(H,26,27)(H,28,29)/b19-11+/t20-/m1/s1. The topological polar surface area (TPSA) is 118 Å². The van der Waals surface area contributed by atoms with E-state index in [2.05, 4.69) is 5.32 Å². The Bertz CT molecular complexity index is 1030. The number of ether oxygens (including phenoxy) is 3. The molecule has 166 valence electrons. The molecule has 1 amide bonds. The summed E-state index contributed by atoms with van der Waals surface area (Å²) in [7, 11) is 1.50. The van der Waals surface area contributed by atoms with Crippen molar-refractivity contribution in [1.29, 1.82) is 5.26 Å². The molecule has 0 aliphatic carbocycles. The van der Waals surface area contributed by atoms with Gasteiger partial charge < -0.3 is 24.6 Å². The zero-order valence-electron chi connectivity index (χ0n) is 17.7. The molecule has 0 aromatic heterocycles. The molecule has 3 rings (SSSR count). The summed E-state index contributed by atoms with van der Waals surface area (Å²) < 4.78 is 16.7. The van der Waals surface area contributed by atoms with Crippen LogP contribution in [0.1, 0.15) is 34.3 Å². The lowest BCUT2D eigenvalue weighted by Gasteiger charge is -2.12. The third-order valence-corrected chi connectivity index (χ3v) is 4.97. The second kappa shape index (κ2) is 11.0. The first-order chi connectivity index (χ1) is 15.5. The van der Waals surface area contributed by atoms with Crippen molar-refractivity contribution in [3.8, 4) is 17.6 Å². The van der Waals surface area contributed by atoms with Gasteiger partial charge in [0, 0.05) is 13.2 Å². The summed E-state index contributed by atoms with van der Waals surface area (Å²) in [6.45, 7) is 1.30. The molecule has 2 N–H and O–H groups in total. The average Bonchev–Trinajstić information content (AvgIpc) is 3.34. The molecule has 0 spiro atoms. The predicted octanol–water partition coefficient (Wildman–Crippen LogP) is 3.17. The number of rotatable bonds is 9. The molecule has 2 aromatic carbocycles. The van der Waals surface area contributed by atoms with Gasteiger partial charge in [-0.2, -0.15) is 5.26 Å². The molecule has 0 bridgehead atoms. The van der Waals surface area contributed by atoms with Crippen molar-refractivity contribution in [3.05, 3.63) is 64.7 Å². The zero-order valence-corrected chi connectivity index (χ0v) is 17.7. The van der Waals surface area contributed by atoms with Crippen molar-refractivity contribution in [3.63, 3.8) is 0 Å². The average molecular weight is 436 g/mol. The Morgan fingerprint density at radius 2 is 2.03 bits per heavy atom. The van der Waals surface area contributed by atoms with E-state index >= 15 is 0 Å². The molecule has 0 unspecified atom stereocenters. The van der Waals surface area contributed by atoms with Crippen LogP contribution in [0.4, 0.5) is 0 Å². The van der Waals surface area contributed by atoms with Crippen molar-refractivity contribution >= 4 is 18.0 Å². The SMILES string of the molecule is COc1cc(/C=C(\C#N)C(=O)NC[C@H]2CCCO2)ccc1OCc1ccc(C(=O)O)cc1. The zero-order chi connectivity index (χ0) is 22.9. The van der Waals surface area contributed by atoms with Gasteiger partial charge in [-0.1, -0.05) is 18.2 Å². The Labute approximate surface area is 186 Å². The first kappa shape index (κ1) is 22.8. The van der Waals surface area contributed by atoms with Crippen LogP contribution in [0.2, 0.25) is 0 Å². The number of hydrogen-bond donors (Lipinski definition) is 2. The maximum Gasteiger partial charge on any atom is 0.335 e. The Morgan fingerprint density at radius 3 is 2.66 bits per heavy atom. The fourth-order valence-corrected chi connectivity index (χ4v) is 3.22. The lowest BCUT2D eigenvalue weighted by molar-refractivity contribution is -0.117. The van der Waals surface area contributed by atoms with Crippen molar-refractivity contribution in [1.82, 2.24) is 5.32 Å². The summed E-state index contributed by atoms with van der Waals surface area (Å²) >= 11 is 0. The highest BCUT2D eigenvalue weighted by atomic mass is 16.5. The minimum absolute atomic E-state index is 0.00394. The number of aromatic carboxylic acids is 1. The summed E-state index contributed by atoms with van der Waals surface area (Å²) in [6.07, 6.45) is 3.36. The molecule has 8 nitrogen and oxygen atoms in total. The molecule has 1 aliphatic rings. The lowest BCUT2D eigenvalue weighted by Crippen LogP contribution is -2.32. The maximum atomic E-state index is 12.3. The first-order valence-corrected chi connectivity index (χ1v) is 10.1. The number of benzene rings is 2. The van der Waals surface area contributed by atoms with Crippen molar-refractivity contribution in [2.75, 3.05) is 20.3 Å². The molecule has 1 atom stereocenters. The number of nitrogens with zero attached hydrogens (tertiary/aromatic N) is 1. The molecule has 1 heterocycles. The van der Waals surface area contributed by atoms with E-state index in [-0.39, 0.29) is 23.8 Å². The highest BCUT2D eigenvalue weighted by molar-refractivity contribution is 6.01. The Balaban J connectivity index is 1.65. The second-order valence-electron chi connectivity index (χ2n) is 7.22. The number of nitriles is 1. The lowest BCUT2D eigenvalue weighted by atomic mass is 10.1. The fourth-order valence-electron chi connectivity index (χ4n) is 3.22. The fraction of sp³-hybridized carbons (Fsp3) is 0.292. The normalized spacial score (nSPS) is 15.6. The monoisotopic (exact) mass is 436 g/mol. The van der Waals surface area contributed by atoms with Crippen LogP contribution in [0.25, 0.3) is 6.08 Å². The highest BCUT2D eigenvalue weighted by Gasteiger charge is 2.18. The summed E-state index contributed by atoms with van der Waals surface area (Å²) in [5.74, 6) is -0.515. The molecule has 1 fully saturated rings. The molecule has 8 heteroatoms. The van der Waals surface area contributed by atoms with Crippen LogP contribution in [0.15, 0.2) is 48.0 Å². The molecule has 1 aliphatic heterocycles. The summed E-state index contributed by atoms with van der Waals surface area (Å²) in [5, 5.41) is 21.1. The quantitative estimate of drug-likeness (QED) is 0.458. The van der Waals surface area contributed by atoms with Crippen molar-refractivity contribution in [2.45, 2.75) is 25.6 Å². The van der Waals surface area contributed by atoms with E-state index in [4.69, 9.17) is 19.3 Å². The minimum Gasteiger partial charge on any atom is -0.493 e.